The summed E-state index contributed by atoms with van der Waals surface area (Å²) in [5.41, 5.74) is 2.57. The predicted octanol–water partition coefficient (Wildman–Crippen LogP) is 3.43. The van der Waals surface area contributed by atoms with Crippen molar-refractivity contribution in [3.8, 4) is 6.07 Å². The quantitative estimate of drug-likeness (QED) is 0.801. The molecule has 0 bridgehead atoms. The van der Waals surface area contributed by atoms with Crippen LogP contribution < -0.4 is 0 Å². The van der Waals surface area contributed by atoms with Gasteiger partial charge in [0.25, 0.3) is 0 Å². The van der Waals surface area contributed by atoms with Gasteiger partial charge in [0, 0.05) is 12.0 Å². The summed E-state index contributed by atoms with van der Waals surface area (Å²) in [4.78, 5) is 0. The van der Waals surface area contributed by atoms with Crippen LogP contribution in [0.2, 0.25) is 0 Å². The first-order chi connectivity index (χ1) is 11.8. The van der Waals surface area contributed by atoms with E-state index in [0.29, 0.717) is 22.5 Å². The molecule has 0 saturated heterocycles. The van der Waals surface area contributed by atoms with E-state index >= 15 is 0 Å². The van der Waals surface area contributed by atoms with E-state index in [1.807, 2.05) is 6.92 Å². The first-order valence-electron chi connectivity index (χ1n) is 8.67. The summed E-state index contributed by atoms with van der Waals surface area (Å²) in [5, 5.41) is 28.7. The van der Waals surface area contributed by atoms with Crippen molar-refractivity contribution in [2.24, 2.45) is 0 Å². The highest BCUT2D eigenvalue weighted by atomic mass is 32.2. The van der Waals surface area contributed by atoms with Gasteiger partial charge in [0.15, 0.2) is 5.16 Å². The largest absolute Gasteiger partial charge is 0.302 e. The minimum atomic E-state index is 0.525. The van der Waals surface area contributed by atoms with E-state index in [2.05, 4.69) is 38.0 Å². The molecular weight excluding hydrogens is 320 g/mol. The van der Waals surface area contributed by atoms with Gasteiger partial charge in [-0.3, -0.25) is 0 Å². The third-order valence-corrected chi connectivity index (χ3v) is 5.60. The maximum atomic E-state index is 9.65. The molecule has 7 heteroatoms. The molecule has 0 aromatic carbocycles. The fourth-order valence-corrected chi connectivity index (χ4v) is 4.03. The van der Waals surface area contributed by atoms with Crippen LogP contribution in [0.4, 0.5) is 0 Å². The third-order valence-electron chi connectivity index (χ3n) is 4.66. The van der Waals surface area contributed by atoms with Crippen molar-refractivity contribution < 1.29 is 0 Å². The number of hydrogen-bond donors (Lipinski definition) is 0. The Morgan fingerprint density at radius 3 is 2.46 bits per heavy atom. The molecule has 0 spiro atoms. The summed E-state index contributed by atoms with van der Waals surface area (Å²) in [5.74, 6) is 1.69. The van der Waals surface area contributed by atoms with Crippen LogP contribution in [0, 0.1) is 11.3 Å². The standard InChI is InChI=1S/C17H20N6S/c1-3-12-13(9-18)16(21-19-14(12)4-2)24-17-22-20-15(10-5-6-10)23(17)11-7-8-11/h10-11H,3-8H2,1-2H3. The maximum Gasteiger partial charge on any atom is 0.197 e. The van der Waals surface area contributed by atoms with Gasteiger partial charge in [-0.05, 0) is 55.9 Å². The van der Waals surface area contributed by atoms with E-state index in [0.717, 1.165) is 35.1 Å². The highest BCUT2D eigenvalue weighted by Gasteiger charge is 2.36. The van der Waals surface area contributed by atoms with Crippen LogP contribution in [0.3, 0.4) is 0 Å². The Balaban J connectivity index is 1.72. The molecule has 2 heterocycles. The zero-order valence-corrected chi connectivity index (χ0v) is 14.8. The van der Waals surface area contributed by atoms with Crippen LogP contribution in [0.15, 0.2) is 10.2 Å². The van der Waals surface area contributed by atoms with E-state index in [-0.39, 0.29) is 0 Å². The Morgan fingerprint density at radius 1 is 1.08 bits per heavy atom. The molecule has 2 aromatic heterocycles. The third kappa shape index (κ3) is 2.69. The van der Waals surface area contributed by atoms with Gasteiger partial charge in [-0.1, -0.05) is 13.8 Å². The normalized spacial score (nSPS) is 17.0. The molecular formula is C17H20N6S. The van der Waals surface area contributed by atoms with Gasteiger partial charge < -0.3 is 4.57 Å². The second kappa shape index (κ2) is 6.17. The molecule has 2 fully saturated rings. The van der Waals surface area contributed by atoms with Crippen molar-refractivity contribution in [3.63, 3.8) is 0 Å². The van der Waals surface area contributed by atoms with Crippen LogP contribution in [-0.2, 0) is 12.8 Å². The van der Waals surface area contributed by atoms with Gasteiger partial charge in [-0.2, -0.15) is 10.4 Å². The van der Waals surface area contributed by atoms with Crippen molar-refractivity contribution in [2.75, 3.05) is 0 Å². The number of aryl methyl sites for hydroxylation is 1. The molecule has 124 valence electrons. The van der Waals surface area contributed by atoms with E-state index in [1.165, 1.54) is 37.4 Å². The first kappa shape index (κ1) is 15.6. The molecule has 0 amide bonds. The lowest BCUT2D eigenvalue weighted by molar-refractivity contribution is 0.626. The van der Waals surface area contributed by atoms with Crippen LogP contribution in [0.25, 0.3) is 0 Å². The average molecular weight is 340 g/mol. The average Bonchev–Trinajstić information content (AvgIpc) is 3.53. The predicted molar refractivity (Wildman–Crippen MR) is 89.9 cm³/mol. The highest BCUT2D eigenvalue weighted by molar-refractivity contribution is 7.99. The Labute approximate surface area is 145 Å². The van der Waals surface area contributed by atoms with Crippen LogP contribution >= 0.6 is 11.8 Å². The fourth-order valence-electron chi connectivity index (χ4n) is 3.08. The Morgan fingerprint density at radius 2 is 1.88 bits per heavy atom. The smallest absolute Gasteiger partial charge is 0.197 e. The zero-order chi connectivity index (χ0) is 16.7. The van der Waals surface area contributed by atoms with Gasteiger partial charge in [0.1, 0.15) is 16.9 Å². The minimum Gasteiger partial charge on any atom is -0.302 e. The summed E-state index contributed by atoms with van der Waals surface area (Å²) < 4.78 is 2.28. The summed E-state index contributed by atoms with van der Waals surface area (Å²) in [6.45, 7) is 4.10. The lowest BCUT2D eigenvalue weighted by atomic mass is 10.1. The van der Waals surface area contributed by atoms with E-state index in [9.17, 15) is 5.26 Å². The SMILES string of the molecule is CCc1nnc(Sc2nnc(C3CC3)n2C2CC2)c(C#N)c1CC. The molecule has 24 heavy (non-hydrogen) atoms. The number of aromatic nitrogens is 5. The topological polar surface area (TPSA) is 80.3 Å². The summed E-state index contributed by atoms with van der Waals surface area (Å²) in [6.07, 6.45) is 6.39. The number of nitriles is 1. The molecule has 2 aromatic rings. The van der Waals surface area contributed by atoms with Crippen molar-refractivity contribution in [2.45, 2.75) is 74.5 Å². The second-order valence-corrected chi connectivity index (χ2v) is 7.40. The first-order valence-corrected chi connectivity index (χ1v) is 9.49. The van der Waals surface area contributed by atoms with E-state index in [4.69, 9.17) is 0 Å². The monoisotopic (exact) mass is 340 g/mol. The van der Waals surface area contributed by atoms with E-state index in [1.54, 1.807) is 0 Å². The molecule has 0 N–H and O–H groups in total. The summed E-state index contributed by atoms with van der Waals surface area (Å²) in [7, 11) is 0. The van der Waals surface area contributed by atoms with Gasteiger partial charge >= 0.3 is 0 Å². The van der Waals surface area contributed by atoms with Gasteiger partial charge in [0.2, 0.25) is 0 Å². The van der Waals surface area contributed by atoms with Crippen molar-refractivity contribution in [3.05, 3.63) is 22.6 Å². The van der Waals surface area contributed by atoms with Crippen molar-refractivity contribution in [1.29, 1.82) is 5.26 Å². The fraction of sp³-hybridized carbons (Fsp3) is 0.588. The lowest BCUT2D eigenvalue weighted by Crippen LogP contribution is -2.06. The number of nitrogens with zero attached hydrogens (tertiary/aromatic N) is 6. The highest BCUT2D eigenvalue weighted by Crippen LogP contribution is 2.46. The van der Waals surface area contributed by atoms with Crippen molar-refractivity contribution in [1.82, 2.24) is 25.0 Å². The van der Waals surface area contributed by atoms with Crippen LogP contribution in [-0.4, -0.2) is 25.0 Å². The molecule has 2 aliphatic carbocycles. The van der Waals surface area contributed by atoms with Crippen LogP contribution in [0.1, 0.15) is 74.1 Å². The molecule has 6 nitrogen and oxygen atoms in total. The van der Waals surface area contributed by atoms with Gasteiger partial charge in [-0.15, -0.1) is 15.3 Å². The van der Waals surface area contributed by atoms with Gasteiger partial charge in [0.05, 0.1) is 11.3 Å². The second-order valence-electron chi connectivity index (χ2n) is 6.44. The summed E-state index contributed by atoms with van der Waals surface area (Å²) >= 11 is 1.44. The lowest BCUT2D eigenvalue weighted by Gasteiger charge is -2.11. The molecule has 0 radical (unpaired) electrons. The Bertz CT molecular complexity index is 813. The molecule has 4 rings (SSSR count). The van der Waals surface area contributed by atoms with Gasteiger partial charge in [-0.25, -0.2) is 0 Å². The summed E-state index contributed by atoms with van der Waals surface area (Å²) in [6, 6.07) is 2.86. The number of rotatable bonds is 6. The van der Waals surface area contributed by atoms with Crippen LogP contribution in [0.5, 0.6) is 0 Å². The maximum absolute atomic E-state index is 9.65. The number of hydrogen-bond acceptors (Lipinski definition) is 6. The van der Waals surface area contributed by atoms with E-state index < -0.39 is 0 Å². The van der Waals surface area contributed by atoms with Crippen molar-refractivity contribution >= 4 is 11.8 Å². The zero-order valence-electron chi connectivity index (χ0n) is 14.0. The Kier molecular flexibility index (Phi) is 4.01. The molecule has 0 unspecified atom stereocenters. The molecule has 2 aliphatic rings. The minimum absolute atomic E-state index is 0.525. The Hall–Kier alpha value is -1.94. The molecule has 2 saturated carbocycles. The molecule has 0 aliphatic heterocycles. The molecule has 0 atom stereocenters.